The number of carbonyl (C=O) groups is 1. The molecule has 0 radical (unpaired) electrons. The van der Waals surface area contributed by atoms with Gasteiger partial charge in [0.05, 0.1) is 16.3 Å². The summed E-state index contributed by atoms with van der Waals surface area (Å²) in [4.78, 5) is 12.3. The molecule has 5 nitrogen and oxygen atoms in total. The molecular formula is C20H14ClN3O2S. The molecule has 7 heteroatoms. The number of nitrogens with zero attached hydrogens (tertiary/aromatic N) is 2. The molecule has 4 rings (SSSR count). The van der Waals surface area contributed by atoms with Crippen LogP contribution in [0.4, 0.5) is 5.69 Å². The summed E-state index contributed by atoms with van der Waals surface area (Å²) in [5, 5.41) is 13.8. The molecule has 4 aromatic rings. The van der Waals surface area contributed by atoms with Crippen LogP contribution in [0.3, 0.4) is 0 Å². The van der Waals surface area contributed by atoms with E-state index in [1.54, 1.807) is 12.1 Å². The molecule has 0 aliphatic heterocycles. The molecule has 1 heterocycles. The molecule has 0 aliphatic carbocycles. The molecule has 0 saturated heterocycles. The Balaban J connectivity index is 1.42. The van der Waals surface area contributed by atoms with Gasteiger partial charge in [0, 0.05) is 11.1 Å². The van der Waals surface area contributed by atoms with Crippen molar-refractivity contribution in [1.29, 1.82) is 0 Å². The molecule has 27 heavy (non-hydrogen) atoms. The molecule has 0 unspecified atom stereocenters. The molecule has 3 aromatic carbocycles. The minimum absolute atomic E-state index is 0.145. The number of carbonyl (C=O) groups excluding carboxylic acids is 1. The second kappa shape index (κ2) is 7.82. The summed E-state index contributed by atoms with van der Waals surface area (Å²) in [5.41, 5.74) is 1.44. The number of halogens is 1. The Bertz CT molecular complexity index is 1110. The van der Waals surface area contributed by atoms with Crippen LogP contribution < -0.4 is 5.32 Å². The first kappa shape index (κ1) is 17.6. The van der Waals surface area contributed by atoms with Crippen molar-refractivity contribution in [1.82, 2.24) is 10.2 Å². The Morgan fingerprint density at radius 2 is 1.78 bits per heavy atom. The average Bonchev–Trinajstić information content (AvgIpc) is 3.16. The molecule has 0 fully saturated rings. The number of nitrogens with one attached hydrogen (secondary N) is 1. The lowest BCUT2D eigenvalue weighted by atomic mass is 10.1. The summed E-state index contributed by atoms with van der Waals surface area (Å²) < 4.78 is 5.60. The van der Waals surface area contributed by atoms with Crippen LogP contribution >= 0.6 is 23.4 Å². The summed E-state index contributed by atoms with van der Waals surface area (Å²) in [5.74, 6) is 0.347. The minimum Gasteiger partial charge on any atom is -0.411 e. The minimum atomic E-state index is -0.145. The summed E-state index contributed by atoms with van der Waals surface area (Å²) in [6.07, 6.45) is 0. The Morgan fingerprint density at radius 3 is 2.67 bits per heavy atom. The van der Waals surface area contributed by atoms with Crippen LogP contribution in [0.2, 0.25) is 5.02 Å². The molecule has 1 aromatic heterocycles. The lowest BCUT2D eigenvalue weighted by Gasteiger charge is -2.07. The molecule has 1 N–H and O–H groups in total. The number of fused-ring (bicyclic) bond motifs is 1. The van der Waals surface area contributed by atoms with Gasteiger partial charge in [0.15, 0.2) is 0 Å². The van der Waals surface area contributed by atoms with Gasteiger partial charge in [0.2, 0.25) is 11.8 Å². The fourth-order valence-corrected chi connectivity index (χ4v) is 3.44. The molecule has 0 saturated carbocycles. The van der Waals surface area contributed by atoms with Crippen LogP contribution in [-0.2, 0) is 4.79 Å². The lowest BCUT2D eigenvalue weighted by Crippen LogP contribution is -2.14. The van der Waals surface area contributed by atoms with Crippen molar-refractivity contribution < 1.29 is 9.21 Å². The van der Waals surface area contributed by atoms with Crippen molar-refractivity contribution in [2.45, 2.75) is 5.22 Å². The molecular weight excluding hydrogens is 382 g/mol. The van der Waals surface area contributed by atoms with E-state index in [-0.39, 0.29) is 11.7 Å². The number of anilines is 1. The maximum Gasteiger partial charge on any atom is 0.277 e. The first-order valence-corrected chi connectivity index (χ1v) is 9.56. The molecule has 1 amide bonds. The van der Waals surface area contributed by atoms with Crippen molar-refractivity contribution in [3.63, 3.8) is 0 Å². The summed E-state index contributed by atoms with van der Waals surface area (Å²) in [7, 11) is 0. The van der Waals surface area contributed by atoms with Crippen LogP contribution in [0, 0.1) is 0 Å². The van der Waals surface area contributed by atoms with Gasteiger partial charge in [-0.15, -0.1) is 10.2 Å². The zero-order valence-electron chi connectivity index (χ0n) is 14.1. The van der Waals surface area contributed by atoms with Gasteiger partial charge in [-0.2, -0.15) is 0 Å². The van der Waals surface area contributed by atoms with E-state index in [4.69, 9.17) is 16.0 Å². The highest BCUT2D eigenvalue weighted by Crippen LogP contribution is 2.29. The Morgan fingerprint density at radius 1 is 1.00 bits per heavy atom. The quantitative estimate of drug-likeness (QED) is 0.466. The Hall–Kier alpha value is -2.83. The molecule has 0 atom stereocenters. The SMILES string of the molecule is O=C(CSc1nnc(-c2ccccc2Cl)o1)Nc1cccc2ccccc12. The summed E-state index contributed by atoms with van der Waals surface area (Å²) >= 11 is 7.31. The van der Waals surface area contributed by atoms with Gasteiger partial charge in [-0.05, 0) is 23.6 Å². The number of hydrogen-bond donors (Lipinski definition) is 1. The van der Waals surface area contributed by atoms with Crippen molar-refractivity contribution in [3.05, 3.63) is 71.8 Å². The van der Waals surface area contributed by atoms with E-state index in [2.05, 4.69) is 15.5 Å². The maximum absolute atomic E-state index is 12.3. The lowest BCUT2D eigenvalue weighted by molar-refractivity contribution is -0.113. The number of amides is 1. The standard InChI is InChI=1S/C20H14ClN3O2S/c21-16-10-4-3-9-15(16)19-23-24-20(26-19)27-12-18(25)22-17-11-5-7-13-6-1-2-8-14(13)17/h1-11H,12H2,(H,22,25). The number of benzene rings is 3. The average molecular weight is 396 g/mol. The van der Waals surface area contributed by atoms with E-state index in [0.717, 1.165) is 16.5 Å². The zero-order chi connectivity index (χ0) is 18.6. The predicted octanol–water partition coefficient (Wildman–Crippen LogP) is 5.27. The van der Waals surface area contributed by atoms with E-state index in [1.807, 2.05) is 54.6 Å². The third-order valence-electron chi connectivity index (χ3n) is 3.90. The predicted molar refractivity (Wildman–Crippen MR) is 108 cm³/mol. The van der Waals surface area contributed by atoms with Crippen LogP contribution in [0.1, 0.15) is 0 Å². The monoisotopic (exact) mass is 395 g/mol. The fraction of sp³-hybridized carbons (Fsp3) is 0.0500. The fourth-order valence-electron chi connectivity index (χ4n) is 2.66. The first-order chi connectivity index (χ1) is 13.2. The van der Waals surface area contributed by atoms with E-state index in [9.17, 15) is 4.79 Å². The van der Waals surface area contributed by atoms with Crippen LogP contribution in [0.5, 0.6) is 0 Å². The van der Waals surface area contributed by atoms with Crippen molar-refractivity contribution in [3.8, 4) is 11.5 Å². The topological polar surface area (TPSA) is 68.0 Å². The highest BCUT2D eigenvalue weighted by atomic mass is 35.5. The largest absolute Gasteiger partial charge is 0.411 e. The van der Waals surface area contributed by atoms with E-state index in [0.29, 0.717) is 21.7 Å². The highest BCUT2D eigenvalue weighted by Gasteiger charge is 2.13. The van der Waals surface area contributed by atoms with Crippen molar-refractivity contribution in [2.75, 3.05) is 11.1 Å². The van der Waals surface area contributed by atoms with Crippen molar-refractivity contribution in [2.24, 2.45) is 0 Å². The van der Waals surface area contributed by atoms with Gasteiger partial charge in [0.25, 0.3) is 5.22 Å². The normalized spacial score (nSPS) is 10.9. The van der Waals surface area contributed by atoms with Gasteiger partial charge >= 0.3 is 0 Å². The van der Waals surface area contributed by atoms with Gasteiger partial charge < -0.3 is 9.73 Å². The van der Waals surface area contributed by atoms with Crippen molar-refractivity contribution >= 4 is 45.7 Å². The number of thioether (sulfide) groups is 1. The van der Waals surface area contributed by atoms with Gasteiger partial charge in [-0.25, -0.2) is 0 Å². The molecule has 0 aliphatic rings. The number of aromatic nitrogens is 2. The second-order valence-electron chi connectivity index (χ2n) is 5.72. The summed E-state index contributed by atoms with van der Waals surface area (Å²) in [6.45, 7) is 0. The Kier molecular flexibility index (Phi) is 5.09. The first-order valence-electron chi connectivity index (χ1n) is 8.19. The molecule has 0 bridgehead atoms. The van der Waals surface area contributed by atoms with E-state index >= 15 is 0 Å². The third-order valence-corrected chi connectivity index (χ3v) is 5.05. The third kappa shape index (κ3) is 3.97. The molecule has 0 spiro atoms. The van der Waals surface area contributed by atoms with Crippen LogP contribution in [-0.4, -0.2) is 21.9 Å². The maximum atomic E-state index is 12.3. The second-order valence-corrected chi connectivity index (χ2v) is 7.05. The highest BCUT2D eigenvalue weighted by molar-refractivity contribution is 7.99. The van der Waals surface area contributed by atoms with E-state index < -0.39 is 0 Å². The zero-order valence-corrected chi connectivity index (χ0v) is 15.6. The van der Waals surface area contributed by atoms with Gasteiger partial charge in [-0.1, -0.05) is 71.9 Å². The molecule has 134 valence electrons. The smallest absolute Gasteiger partial charge is 0.277 e. The van der Waals surface area contributed by atoms with Crippen LogP contribution in [0.25, 0.3) is 22.2 Å². The van der Waals surface area contributed by atoms with E-state index in [1.165, 1.54) is 11.8 Å². The number of rotatable bonds is 5. The summed E-state index contributed by atoms with van der Waals surface area (Å²) in [6, 6.07) is 20.9. The number of hydrogen-bond acceptors (Lipinski definition) is 5. The Labute approximate surface area is 164 Å². The van der Waals surface area contributed by atoms with Gasteiger partial charge in [-0.3, -0.25) is 4.79 Å². The van der Waals surface area contributed by atoms with Crippen LogP contribution in [0.15, 0.2) is 76.4 Å². The van der Waals surface area contributed by atoms with Gasteiger partial charge in [0.1, 0.15) is 0 Å².